The number of hydrogen-bond acceptors (Lipinski definition) is 5. The van der Waals surface area contributed by atoms with Crippen molar-refractivity contribution in [1.29, 1.82) is 0 Å². The first kappa shape index (κ1) is 16.4. The third kappa shape index (κ3) is 4.26. The minimum absolute atomic E-state index is 0.337. The van der Waals surface area contributed by atoms with Crippen LogP contribution in [0, 0.1) is 0 Å². The van der Waals surface area contributed by atoms with Gasteiger partial charge in [-0.2, -0.15) is 0 Å². The van der Waals surface area contributed by atoms with E-state index in [9.17, 15) is 9.90 Å². The Morgan fingerprint density at radius 3 is 2.45 bits per heavy atom. The highest BCUT2D eigenvalue weighted by molar-refractivity contribution is 6.31. The molecule has 0 spiro atoms. The zero-order valence-corrected chi connectivity index (χ0v) is 13.3. The number of aliphatic hydroxyl groups excluding tert-OH is 1. The number of benzene rings is 1. The lowest BCUT2D eigenvalue weighted by atomic mass is 10.0. The molecule has 0 saturated heterocycles. The molecule has 0 aliphatic rings. The van der Waals surface area contributed by atoms with Gasteiger partial charge in [0, 0.05) is 23.0 Å². The van der Waals surface area contributed by atoms with Gasteiger partial charge in [-0.05, 0) is 50.6 Å². The molecule has 1 heterocycles. The Morgan fingerprint density at radius 2 is 1.86 bits per heavy atom. The van der Waals surface area contributed by atoms with Crippen LogP contribution in [0.1, 0.15) is 32.4 Å². The summed E-state index contributed by atoms with van der Waals surface area (Å²) in [6.45, 7) is 5.20. The Labute approximate surface area is 133 Å². The molecule has 0 aliphatic heterocycles. The van der Waals surface area contributed by atoms with Crippen molar-refractivity contribution >= 4 is 17.6 Å². The lowest BCUT2D eigenvalue weighted by Gasteiger charge is -2.22. The highest BCUT2D eigenvalue weighted by Gasteiger charge is 2.25. The van der Waals surface area contributed by atoms with Crippen LogP contribution in [-0.4, -0.2) is 26.6 Å². The van der Waals surface area contributed by atoms with E-state index in [0.29, 0.717) is 22.0 Å². The maximum absolute atomic E-state index is 12.0. The van der Waals surface area contributed by atoms with E-state index in [1.165, 1.54) is 6.07 Å². The van der Waals surface area contributed by atoms with Gasteiger partial charge < -0.3 is 9.84 Å². The molecule has 1 aromatic carbocycles. The topological polar surface area (TPSA) is 72.3 Å². The van der Waals surface area contributed by atoms with Crippen LogP contribution in [-0.2, 0) is 9.53 Å². The minimum Gasteiger partial charge on any atom is -0.458 e. The molecular weight excluding hydrogens is 304 g/mol. The standard InChI is InChI=1S/C16H17ClN2O3/c1-16(2,3)22-15(21)13(20)10-7-11(9-12(17)8-10)14-18-5-4-6-19-14/h4-9,13,20H,1-3H3. The van der Waals surface area contributed by atoms with Crippen molar-refractivity contribution in [3.8, 4) is 11.4 Å². The summed E-state index contributed by atoms with van der Waals surface area (Å²) < 4.78 is 5.18. The minimum atomic E-state index is -1.42. The van der Waals surface area contributed by atoms with Crippen molar-refractivity contribution in [2.75, 3.05) is 0 Å². The summed E-state index contributed by atoms with van der Waals surface area (Å²) >= 11 is 6.06. The first-order valence-electron chi connectivity index (χ1n) is 6.75. The van der Waals surface area contributed by atoms with Crippen LogP contribution < -0.4 is 0 Å². The van der Waals surface area contributed by atoms with E-state index in [4.69, 9.17) is 16.3 Å². The third-order valence-electron chi connectivity index (χ3n) is 2.69. The van der Waals surface area contributed by atoms with Crippen LogP contribution >= 0.6 is 11.6 Å². The van der Waals surface area contributed by atoms with Crippen molar-refractivity contribution < 1.29 is 14.6 Å². The van der Waals surface area contributed by atoms with Crippen molar-refractivity contribution in [1.82, 2.24) is 9.97 Å². The number of nitrogens with zero attached hydrogens (tertiary/aromatic N) is 2. The second-order valence-electron chi connectivity index (χ2n) is 5.78. The molecule has 2 aromatic rings. The molecular formula is C16H17ClN2O3. The van der Waals surface area contributed by atoms with Gasteiger partial charge in [-0.25, -0.2) is 14.8 Å². The van der Waals surface area contributed by atoms with Gasteiger partial charge in [0.1, 0.15) is 5.60 Å². The first-order chi connectivity index (χ1) is 10.3. The summed E-state index contributed by atoms with van der Waals surface area (Å²) in [6.07, 6.45) is 1.79. The van der Waals surface area contributed by atoms with Crippen LogP contribution in [0.2, 0.25) is 5.02 Å². The molecule has 0 fully saturated rings. The van der Waals surface area contributed by atoms with Gasteiger partial charge in [0.25, 0.3) is 0 Å². The lowest BCUT2D eigenvalue weighted by molar-refractivity contribution is -0.165. The third-order valence-corrected chi connectivity index (χ3v) is 2.91. The van der Waals surface area contributed by atoms with E-state index in [-0.39, 0.29) is 0 Å². The highest BCUT2D eigenvalue weighted by atomic mass is 35.5. The molecule has 22 heavy (non-hydrogen) atoms. The Morgan fingerprint density at radius 1 is 1.23 bits per heavy atom. The van der Waals surface area contributed by atoms with E-state index in [0.717, 1.165) is 0 Å². The fraction of sp³-hybridized carbons (Fsp3) is 0.312. The molecule has 1 N–H and O–H groups in total. The van der Waals surface area contributed by atoms with Crippen molar-refractivity contribution in [2.45, 2.75) is 32.5 Å². The predicted molar refractivity (Wildman–Crippen MR) is 83.3 cm³/mol. The number of carbonyl (C=O) groups excluding carboxylic acids is 1. The highest BCUT2D eigenvalue weighted by Crippen LogP contribution is 2.27. The number of esters is 1. The van der Waals surface area contributed by atoms with Crippen molar-refractivity contribution in [3.05, 3.63) is 47.2 Å². The van der Waals surface area contributed by atoms with Gasteiger partial charge in [-0.1, -0.05) is 11.6 Å². The summed E-state index contributed by atoms with van der Waals surface area (Å²) in [5.41, 5.74) is 0.275. The summed E-state index contributed by atoms with van der Waals surface area (Å²) in [5.74, 6) is -0.266. The summed E-state index contributed by atoms with van der Waals surface area (Å²) in [7, 11) is 0. The summed E-state index contributed by atoms with van der Waals surface area (Å²) in [5, 5.41) is 10.6. The molecule has 0 bridgehead atoms. The fourth-order valence-electron chi connectivity index (χ4n) is 1.84. The average Bonchev–Trinajstić information content (AvgIpc) is 2.45. The molecule has 1 atom stereocenters. The molecule has 116 valence electrons. The number of aromatic nitrogens is 2. The molecule has 1 aromatic heterocycles. The van der Waals surface area contributed by atoms with Crippen LogP contribution in [0.3, 0.4) is 0 Å². The zero-order valence-electron chi connectivity index (χ0n) is 12.6. The quantitative estimate of drug-likeness (QED) is 0.879. The summed E-state index contributed by atoms with van der Waals surface area (Å²) in [6, 6.07) is 6.51. The van der Waals surface area contributed by atoms with Crippen LogP contribution in [0.5, 0.6) is 0 Å². The van der Waals surface area contributed by atoms with E-state index < -0.39 is 17.7 Å². The lowest BCUT2D eigenvalue weighted by Crippen LogP contribution is -2.27. The first-order valence-corrected chi connectivity index (χ1v) is 7.13. The zero-order chi connectivity index (χ0) is 16.3. The van der Waals surface area contributed by atoms with Gasteiger partial charge in [0.15, 0.2) is 11.9 Å². The van der Waals surface area contributed by atoms with Gasteiger partial charge in [0.05, 0.1) is 0 Å². The number of carbonyl (C=O) groups is 1. The fourth-order valence-corrected chi connectivity index (χ4v) is 2.08. The Kier molecular flexibility index (Phi) is 4.78. The molecule has 0 aliphatic carbocycles. The van der Waals surface area contributed by atoms with Gasteiger partial charge >= 0.3 is 5.97 Å². The van der Waals surface area contributed by atoms with Crippen LogP contribution in [0.15, 0.2) is 36.7 Å². The normalized spacial score (nSPS) is 12.8. The largest absolute Gasteiger partial charge is 0.458 e. The molecule has 6 heteroatoms. The average molecular weight is 321 g/mol. The molecule has 0 saturated carbocycles. The monoisotopic (exact) mass is 320 g/mol. The smallest absolute Gasteiger partial charge is 0.340 e. The van der Waals surface area contributed by atoms with E-state index in [1.807, 2.05) is 0 Å². The van der Waals surface area contributed by atoms with E-state index in [2.05, 4.69) is 9.97 Å². The molecule has 0 amide bonds. The Balaban J connectivity index is 2.32. The van der Waals surface area contributed by atoms with Gasteiger partial charge in [-0.3, -0.25) is 0 Å². The number of rotatable bonds is 3. The van der Waals surface area contributed by atoms with Crippen LogP contribution in [0.25, 0.3) is 11.4 Å². The number of halogens is 1. The van der Waals surface area contributed by atoms with Gasteiger partial charge in [-0.15, -0.1) is 0 Å². The van der Waals surface area contributed by atoms with Gasteiger partial charge in [0.2, 0.25) is 0 Å². The van der Waals surface area contributed by atoms with Crippen LogP contribution in [0.4, 0.5) is 0 Å². The molecule has 0 radical (unpaired) electrons. The summed E-state index contributed by atoms with van der Waals surface area (Å²) in [4.78, 5) is 20.2. The van der Waals surface area contributed by atoms with Crippen molar-refractivity contribution in [3.63, 3.8) is 0 Å². The Hall–Kier alpha value is -1.98. The molecule has 1 unspecified atom stereocenters. The maximum Gasteiger partial charge on any atom is 0.340 e. The number of aliphatic hydroxyl groups is 1. The van der Waals surface area contributed by atoms with E-state index >= 15 is 0 Å². The SMILES string of the molecule is CC(C)(C)OC(=O)C(O)c1cc(Cl)cc(-c2ncccn2)c1. The number of ether oxygens (including phenoxy) is 1. The number of hydrogen-bond donors (Lipinski definition) is 1. The molecule has 2 rings (SSSR count). The van der Waals surface area contributed by atoms with E-state index in [1.54, 1.807) is 51.4 Å². The molecule has 5 nitrogen and oxygen atoms in total. The maximum atomic E-state index is 12.0. The predicted octanol–water partition coefficient (Wildman–Crippen LogP) is 3.17. The van der Waals surface area contributed by atoms with Crippen molar-refractivity contribution in [2.24, 2.45) is 0 Å². The second kappa shape index (κ2) is 6.42. The Bertz CT molecular complexity index is 669. The second-order valence-corrected chi connectivity index (χ2v) is 6.22.